The minimum Gasteiger partial charge on any atom is -0.399 e. The molecule has 0 bridgehead atoms. The van der Waals surface area contributed by atoms with Crippen molar-refractivity contribution in [2.24, 2.45) is 0 Å². The Morgan fingerprint density at radius 2 is 1.21 bits per heavy atom. The fraction of sp³-hybridized carbons (Fsp3) is 0.236. The van der Waals surface area contributed by atoms with Crippen molar-refractivity contribution in [1.82, 2.24) is 25.3 Å². The van der Waals surface area contributed by atoms with Gasteiger partial charge >= 0.3 is 0 Å². The van der Waals surface area contributed by atoms with Gasteiger partial charge in [-0.3, -0.25) is 19.6 Å². The molecule has 2 saturated heterocycles. The van der Waals surface area contributed by atoms with E-state index in [9.17, 15) is 18.4 Å². The molecule has 0 saturated carbocycles. The van der Waals surface area contributed by atoms with Gasteiger partial charge in [-0.15, -0.1) is 0 Å². The van der Waals surface area contributed by atoms with Crippen LogP contribution < -0.4 is 26.2 Å². The number of nitrogens with two attached hydrogens (primary N) is 1. The van der Waals surface area contributed by atoms with Gasteiger partial charge in [0.25, 0.3) is 5.91 Å². The van der Waals surface area contributed by atoms with Crippen LogP contribution in [-0.2, 0) is 9.47 Å². The molecule has 13 nitrogen and oxygen atoms in total. The van der Waals surface area contributed by atoms with Crippen molar-refractivity contribution in [1.29, 1.82) is 0 Å². The zero-order valence-corrected chi connectivity index (χ0v) is 40.7. The number of carbonyl (C=O) groups excluding carboxylic acids is 2. The summed E-state index contributed by atoms with van der Waals surface area (Å²) in [5.74, 6) is -0.716. The number of carbonyl (C=O) groups is 2. The van der Waals surface area contributed by atoms with Crippen LogP contribution >= 0.6 is 11.6 Å². The first-order chi connectivity index (χ1) is 34.4. The van der Waals surface area contributed by atoms with Crippen molar-refractivity contribution in [3.63, 3.8) is 0 Å². The lowest BCUT2D eigenvalue weighted by Gasteiger charge is -2.29. The number of Topliss-reactive ketones (excluding diaryl/α,β-unsaturated/α-hetero) is 1. The van der Waals surface area contributed by atoms with E-state index in [0.717, 1.165) is 76.5 Å². The summed E-state index contributed by atoms with van der Waals surface area (Å²) >= 11 is 6.34. The van der Waals surface area contributed by atoms with Gasteiger partial charge in [0.1, 0.15) is 11.6 Å². The van der Waals surface area contributed by atoms with Gasteiger partial charge in [-0.1, -0.05) is 30.7 Å². The molecule has 0 atom stereocenters. The van der Waals surface area contributed by atoms with Gasteiger partial charge in [0.2, 0.25) is 0 Å². The van der Waals surface area contributed by atoms with Crippen LogP contribution in [-0.4, -0.2) is 91.3 Å². The maximum atomic E-state index is 14.1. The Balaban J connectivity index is 0.000000158. The molecule has 2 aliphatic heterocycles. The Kier molecular flexibility index (Phi) is 16.1. The number of rotatable bonds is 9. The summed E-state index contributed by atoms with van der Waals surface area (Å²) in [5.41, 5.74) is 16.8. The fourth-order valence-electron chi connectivity index (χ4n) is 8.40. The highest BCUT2D eigenvalue weighted by atomic mass is 35.5. The van der Waals surface area contributed by atoms with Crippen LogP contribution in [0.2, 0.25) is 5.02 Å². The number of ketones is 1. The number of halogens is 3. The van der Waals surface area contributed by atoms with Crippen LogP contribution in [0, 0.1) is 25.5 Å². The van der Waals surface area contributed by atoms with Gasteiger partial charge in [0, 0.05) is 114 Å². The van der Waals surface area contributed by atoms with Crippen molar-refractivity contribution >= 4 is 73.5 Å². The van der Waals surface area contributed by atoms with Gasteiger partial charge in [0.05, 0.1) is 70.9 Å². The molecule has 364 valence electrons. The number of aromatic nitrogens is 4. The minimum atomic E-state index is -0.350. The first-order valence-electron chi connectivity index (χ1n) is 23.3. The van der Waals surface area contributed by atoms with Crippen molar-refractivity contribution in [3.8, 4) is 22.8 Å². The van der Waals surface area contributed by atoms with Gasteiger partial charge in [0.15, 0.2) is 5.78 Å². The number of nitrogens with zero attached hydrogens (tertiary/aromatic N) is 6. The maximum Gasteiger partial charge on any atom is 0.251 e. The molecule has 8 aromatic rings. The number of nitrogens with one attached hydrogen (secondary N) is 2. The van der Waals surface area contributed by atoms with Gasteiger partial charge in [-0.05, 0) is 104 Å². The Morgan fingerprint density at radius 3 is 1.76 bits per heavy atom. The molecule has 2 aliphatic rings. The lowest BCUT2D eigenvalue weighted by atomic mass is 10.0. The van der Waals surface area contributed by atoms with Crippen LogP contribution in [0.15, 0.2) is 122 Å². The van der Waals surface area contributed by atoms with Crippen LogP contribution in [0.3, 0.4) is 0 Å². The molecule has 0 aliphatic carbocycles. The maximum absolute atomic E-state index is 14.1. The highest BCUT2D eigenvalue weighted by Gasteiger charge is 2.20. The van der Waals surface area contributed by atoms with Crippen LogP contribution in [0.4, 0.5) is 37.2 Å². The van der Waals surface area contributed by atoms with E-state index in [1.165, 1.54) is 24.3 Å². The zero-order chi connectivity index (χ0) is 50.0. The molecule has 10 rings (SSSR count). The van der Waals surface area contributed by atoms with E-state index >= 15 is 0 Å². The summed E-state index contributed by atoms with van der Waals surface area (Å²) in [6.45, 7) is 11.7. The molecule has 2 fully saturated rings. The monoisotopic (exact) mass is 977 g/mol. The fourth-order valence-corrected chi connectivity index (χ4v) is 8.65. The van der Waals surface area contributed by atoms with Crippen molar-refractivity contribution < 1.29 is 27.8 Å². The minimum absolute atomic E-state index is 0.0794. The first kappa shape index (κ1) is 49.8. The quantitative estimate of drug-likeness (QED) is 0.0929. The molecule has 4 aromatic heterocycles. The number of anilines is 5. The summed E-state index contributed by atoms with van der Waals surface area (Å²) in [4.78, 5) is 46.6. The van der Waals surface area contributed by atoms with Gasteiger partial charge in [-0.2, -0.15) is 0 Å². The third-order valence-electron chi connectivity index (χ3n) is 12.1. The van der Waals surface area contributed by atoms with Crippen LogP contribution in [0.1, 0.15) is 45.2 Å². The number of hydrogen-bond donors (Lipinski definition) is 3. The molecule has 71 heavy (non-hydrogen) atoms. The van der Waals surface area contributed by atoms with E-state index in [4.69, 9.17) is 31.8 Å². The molecule has 0 radical (unpaired) electrons. The lowest BCUT2D eigenvalue weighted by molar-refractivity contribution is 0.0960. The third kappa shape index (κ3) is 11.9. The normalized spacial score (nSPS) is 13.5. The Hall–Kier alpha value is -7.59. The predicted molar refractivity (Wildman–Crippen MR) is 279 cm³/mol. The molecule has 4 aromatic carbocycles. The first-order valence-corrected chi connectivity index (χ1v) is 23.7. The Labute approximate surface area is 416 Å². The molecule has 4 N–H and O–H groups in total. The van der Waals surface area contributed by atoms with E-state index in [0.29, 0.717) is 82.8 Å². The summed E-state index contributed by atoms with van der Waals surface area (Å²) in [6.07, 6.45) is 3.83. The summed E-state index contributed by atoms with van der Waals surface area (Å²) in [7, 11) is 1.61. The van der Waals surface area contributed by atoms with Crippen molar-refractivity contribution in [2.45, 2.75) is 27.2 Å². The number of amides is 1. The van der Waals surface area contributed by atoms with Gasteiger partial charge < -0.3 is 35.6 Å². The van der Waals surface area contributed by atoms with E-state index < -0.39 is 0 Å². The van der Waals surface area contributed by atoms with Crippen LogP contribution in [0.5, 0.6) is 0 Å². The van der Waals surface area contributed by atoms with Crippen molar-refractivity contribution in [2.75, 3.05) is 80.5 Å². The van der Waals surface area contributed by atoms with Gasteiger partial charge in [-0.25, -0.2) is 18.7 Å². The molecule has 0 spiro atoms. The summed E-state index contributed by atoms with van der Waals surface area (Å²) < 4.78 is 38.2. The Morgan fingerprint density at radius 1 is 0.676 bits per heavy atom. The summed E-state index contributed by atoms with van der Waals surface area (Å²) in [6, 6.07) is 31.6. The van der Waals surface area contributed by atoms with Crippen molar-refractivity contribution in [3.05, 3.63) is 160 Å². The number of fused-ring (bicyclic) bond motifs is 2. The second-order valence-corrected chi connectivity index (χ2v) is 17.3. The second kappa shape index (κ2) is 22.9. The number of nitrogen functional groups attached to an aromatic ring is 1. The topological polar surface area (TPSA) is 161 Å². The number of pyridine rings is 4. The molecular formula is C55H54ClF2N9O4. The smallest absolute Gasteiger partial charge is 0.251 e. The van der Waals surface area contributed by atoms with E-state index in [1.807, 2.05) is 87.5 Å². The standard InChI is InChI=1S/C28H27FN4O2.C15H10ClFN2.C12H17N3O2/c1-3-26(34)19-14-21(17-22(15-19)33-10-12-35-13-11-33)31-27-18(2)28(24-6-4-5-9-30-24)32-25-16-20(29)7-8-23(25)27;1-9-14(16)11-6-5-10(17)8-13(11)19-15(9)12-4-2-3-7-18-12;1-14-12(16)9-6-10(13)8-11(7-9)15-2-4-17-5-3-15/h4-9,14-17H,3,10-13H2,1-2H3,(H,31,32);2-8H,1H3;6-8H,2-5,13H2,1H3,(H,14,16). The number of morpholine rings is 2. The average Bonchev–Trinajstić information content (AvgIpc) is 3.41. The number of ether oxygens (including phenoxy) is 2. The SMILES string of the molecule is CCC(=O)c1cc(Nc2c(C)c(-c3ccccn3)nc3cc(F)ccc23)cc(N2CCOCC2)c1.CNC(=O)c1cc(N)cc(N2CCOCC2)c1.Cc1c(-c2ccccn2)nc2cc(F)ccc2c1Cl. The van der Waals surface area contributed by atoms with E-state index in [1.54, 1.807) is 37.6 Å². The predicted octanol–water partition coefficient (Wildman–Crippen LogP) is 10.8. The highest BCUT2D eigenvalue weighted by Crippen LogP contribution is 2.37. The molecule has 6 heterocycles. The summed E-state index contributed by atoms with van der Waals surface area (Å²) in [5, 5.41) is 8.28. The second-order valence-electron chi connectivity index (χ2n) is 16.9. The molecule has 16 heteroatoms. The zero-order valence-electron chi connectivity index (χ0n) is 39.9. The average molecular weight is 979 g/mol. The highest BCUT2D eigenvalue weighted by molar-refractivity contribution is 6.36. The number of benzene rings is 4. The lowest BCUT2D eigenvalue weighted by Crippen LogP contribution is -2.36. The number of hydrogen-bond acceptors (Lipinski definition) is 12. The Bertz CT molecular complexity index is 3190. The largest absolute Gasteiger partial charge is 0.399 e. The van der Waals surface area contributed by atoms with Crippen LogP contribution in [0.25, 0.3) is 44.6 Å². The molecule has 1 amide bonds. The van der Waals surface area contributed by atoms with E-state index in [-0.39, 0.29) is 23.3 Å². The molecular weight excluding hydrogens is 924 g/mol. The third-order valence-corrected chi connectivity index (χ3v) is 12.6. The van der Waals surface area contributed by atoms with E-state index in [2.05, 4.69) is 35.4 Å². The molecule has 0 unspecified atom stereocenters.